The van der Waals surface area contributed by atoms with Gasteiger partial charge in [-0.15, -0.1) is 0 Å². The smallest absolute Gasteiger partial charge is 0.314 e. The Morgan fingerprint density at radius 2 is 2.00 bits per heavy atom. The van der Waals surface area contributed by atoms with Crippen molar-refractivity contribution in [2.75, 3.05) is 20.6 Å². The highest BCUT2D eigenvalue weighted by Crippen LogP contribution is 2.09. The molecule has 0 radical (unpaired) electrons. The van der Waals surface area contributed by atoms with Crippen LogP contribution >= 0.6 is 0 Å². The topological polar surface area (TPSA) is 61.4 Å². The first-order chi connectivity index (χ1) is 9.43. The summed E-state index contributed by atoms with van der Waals surface area (Å²) in [6.45, 7) is 5.27. The quantitative estimate of drug-likeness (QED) is 0.862. The van der Waals surface area contributed by atoms with Crippen LogP contribution in [0.5, 0.6) is 0 Å². The van der Waals surface area contributed by atoms with Crippen LogP contribution in [0, 0.1) is 5.92 Å². The molecule has 3 amide bonds. The molecule has 1 aromatic carbocycles. The van der Waals surface area contributed by atoms with Crippen LogP contribution in [0.2, 0.25) is 0 Å². The lowest BCUT2D eigenvalue weighted by molar-refractivity contribution is 0.0779. The second-order valence-electron chi connectivity index (χ2n) is 5.21. The number of carbonyl (C=O) groups excluding carboxylic acids is 2. The fourth-order valence-electron chi connectivity index (χ4n) is 1.94. The highest BCUT2D eigenvalue weighted by molar-refractivity contribution is 5.94. The number of hydrogen-bond acceptors (Lipinski definition) is 2. The van der Waals surface area contributed by atoms with Crippen molar-refractivity contribution in [2.24, 2.45) is 5.92 Å². The maximum atomic E-state index is 12.3. The van der Waals surface area contributed by atoms with Gasteiger partial charge in [0.05, 0.1) is 0 Å². The van der Waals surface area contributed by atoms with Gasteiger partial charge >= 0.3 is 6.03 Å². The summed E-state index contributed by atoms with van der Waals surface area (Å²) in [6, 6.07) is 7.09. The second-order valence-corrected chi connectivity index (χ2v) is 5.21. The molecule has 0 aliphatic carbocycles. The molecule has 1 rings (SSSR count). The van der Waals surface area contributed by atoms with Crippen LogP contribution in [-0.4, -0.2) is 37.5 Å². The van der Waals surface area contributed by atoms with E-state index in [2.05, 4.69) is 24.5 Å². The predicted octanol–water partition coefficient (Wildman–Crippen LogP) is 1.84. The molecule has 5 heteroatoms. The Balaban J connectivity index is 2.72. The summed E-state index contributed by atoms with van der Waals surface area (Å²) in [5.74, 6) is 0.433. The van der Waals surface area contributed by atoms with Gasteiger partial charge in [0.25, 0.3) is 5.91 Å². The van der Waals surface area contributed by atoms with Gasteiger partial charge in [0, 0.05) is 32.7 Å². The number of hydrogen-bond donors (Lipinski definition) is 2. The van der Waals surface area contributed by atoms with E-state index in [0.29, 0.717) is 18.0 Å². The first-order valence-corrected chi connectivity index (χ1v) is 6.74. The standard InChI is InChI=1S/C15H23N3O2/c1-11(2)10-18(4)14(19)13-7-5-6-12(8-13)9-17-15(20)16-3/h5-8,11H,9-10H2,1-4H3,(H2,16,17,20). The van der Waals surface area contributed by atoms with Crippen molar-refractivity contribution in [3.63, 3.8) is 0 Å². The number of carbonyl (C=O) groups is 2. The van der Waals surface area contributed by atoms with Crippen molar-refractivity contribution in [2.45, 2.75) is 20.4 Å². The van der Waals surface area contributed by atoms with Gasteiger partial charge in [-0.1, -0.05) is 26.0 Å². The molecule has 0 atom stereocenters. The summed E-state index contributed by atoms with van der Waals surface area (Å²) in [7, 11) is 3.37. The minimum absolute atomic E-state index is 0.000457. The Kier molecular flexibility index (Phi) is 6.03. The molecular weight excluding hydrogens is 254 g/mol. The van der Waals surface area contributed by atoms with Crippen molar-refractivity contribution >= 4 is 11.9 Å². The lowest BCUT2D eigenvalue weighted by Gasteiger charge is -2.19. The zero-order valence-electron chi connectivity index (χ0n) is 12.6. The molecule has 110 valence electrons. The Hall–Kier alpha value is -2.04. The van der Waals surface area contributed by atoms with Gasteiger partial charge in [-0.2, -0.15) is 0 Å². The Labute approximate surface area is 120 Å². The van der Waals surface area contributed by atoms with E-state index in [-0.39, 0.29) is 11.9 Å². The summed E-state index contributed by atoms with van der Waals surface area (Å²) in [5, 5.41) is 5.19. The van der Waals surface area contributed by atoms with E-state index in [1.54, 1.807) is 25.1 Å². The lowest BCUT2D eigenvalue weighted by atomic mass is 10.1. The molecule has 0 unspecified atom stereocenters. The maximum Gasteiger partial charge on any atom is 0.314 e. The van der Waals surface area contributed by atoms with Gasteiger partial charge < -0.3 is 15.5 Å². The molecule has 1 aromatic rings. The van der Waals surface area contributed by atoms with Crippen LogP contribution in [0.25, 0.3) is 0 Å². The average molecular weight is 277 g/mol. The number of benzene rings is 1. The zero-order chi connectivity index (χ0) is 15.1. The van der Waals surface area contributed by atoms with E-state index < -0.39 is 0 Å². The third kappa shape index (κ3) is 4.91. The SMILES string of the molecule is CNC(=O)NCc1cccc(C(=O)N(C)CC(C)C)c1. The highest BCUT2D eigenvalue weighted by atomic mass is 16.2. The van der Waals surface area contributed by atoms with Crippen LogP contribution in [0.4, 0.5) is 4.79 Å². The lowest BCUT2D eigenvalue weighted by Crippen LogP contribution is -2.32. The molecule has 0 fully saturated rings. The van der Waals surface area contributed by atoms with Crippen molar-refractivity contribution in [3.8, 4) is 0 Å². The van der Waals surface area contributed by atoms with Crippen molar-refractivity contribution < 1.29 is 9.59 Å². The third-order valence-corrected chi connectivity index (χ3v) is 2.84. The summed E-state index contributed by atoms with van der Waals surface area (Å²) < 4.78 is 0. The first kappa shape index (κ1) is 16.0. The molecule has 0 heterocycles. The molecule has 0 bridgehead atoms. The molecule has 0 spiro atoms. The van der Waals surface area contributed by atoms with Gasteiger partial charge in [0.2, 0.25) is 0 Å². The normalized spacial score (nSPS) is 10.2. The Morgan fingerprint density at radius 3 is 2.60 bits per heavy atom. The number of nitrogens with one attached hydrogen (secondary N) is 2. The monoisotopic (exact) mass is 277 g/mol. The van der Waals surface area contributed by atoms with E-state index in [1.807, 2.05) is 18.2 Å². The van der Waals surface area contributed by atoms with E-state index in [1.165, 1.54) is 0 Å². The minimum atomic E-state index is -0.237. The van der Waals surface area contributed by atoms with Crippen LogP contribution in [-0.2, 0) is 6.54 Å². The number of rotatable bonds is 5. The first-order valence-electron chi connectivity index (χ1n) is 6.74. The van der Waals surface area contributed by atoms with E-state index >= 15 is 0 Å². The van der Waals surface area contributed by atoms with Crippen molar-refractivity contribution in [1.29, 1.82) is 0 Å². The average Bonchev–Trinajstić information content (AvgIpc) is 2.43. The maximum absolute atomic E-state index is 12.3. The van der Waals surface area contributed by atoms with Gasteiger partial charge in [-0.3, -0.25) is 4.79 Å². The third-order valence-electron chi connectivity index (χ3n) is 2.84. The summed E-state index contributed by atoms with van der Waals surface area (Å²) in [4.78, 5) is 25.1. The summed E-state index contributed by atoms with van der Waals surface area (Å²) in [5.41, 5.74) is 1.54. The molecule has 5 nitrogen and oxygen atoms in total. The van der Waals surface area contributed by atoms with Crippen LogP contribution in [0.15, 0.2) is 24.3 Å². The molecular formula is C15H23N3O2. The van der Waals surface area contributed by atoms with Crippen molar-refractivity contribution in [3.05, 3.63) is 35.4 Å². The number of nitrogens with zero attached hydrogens (tertiary/aromatic N) is 1. The predicted molar refractivity (Wildman–Crippen MR) is 79.5 cm³/mol. The van der Waals surface area contributed by atoms with Crippen LogP contribution < -0.4 is 10.6 Å². The second kappa shape index (κ2) is 7.53. The van der Waals surface area contributed by atoms with E-state index in [4.69, 9.17) is 0 Å². The molecule has 2 N–H and O–H groups in total. The zero-order valence-corrected chi connectivity index (χ0v) is 12.6. The fraction of sp³-hybridized carbons (Fsp3) is 0.467. The number of amides is 3. The largest absolute Gasteiger partial charge is 0.341 e. The van der Waals surface area contributed by atoms with Gasteiger partial charge in [-0.25, -0.2) is 4.79 Å². The van der Waals surface area contributed by atoms with Crippen LogP contribution in [0.3, 0.4) is 0 Å². The van der Waals surface area contributed by atoms with Crippen molar-refractivity contribution in [1.82, 2.24) is 15.5 Å². The molecule has 0 aliphatic rings. The Morgan fingerprint density at radius 1 is 1.30 bits per heavy atom. The highest BCUT2D eigenvalue weighted by Gasteiger charge is 2.13. The molecule has 0 aromatic heterocycles. The molecule has 0 saturated heterocycles. The molecule has 0 aliphatic heterocycles. The van der Waals surface area contributed by atoms with Gasteiger partial charge in [0.15, 0.2) is 0 Å². The van der Waals surface area contributed by atoms with Gasteiger partial charge in [-0.05, 0) is 23.6 Å². The van der Waals surface area contributed by atoms with E-state index in [0.717, 1.165) is 12.1 Å². The van der Waals surface area contributed by atoms with Crippen LogP contribution in [0.1, 0.15) is 29.8 Å². The minimum Gasteiger partial charge on any atom is -0.341 e. The molecule has 0 saturated carbocycles. The number of urea groups is 1. The fourth-order valence-corrected chi connectivity index (χ4v) is 1.94. The summed E-state index contributed by atoms with van der Waals surface area (Å²) in [6.07, 6.45) is 0. The molecule has 20 heavy (non-hydrogen) atoms. The summed E-state index contributed by atoms with van der Waals surface area (Å²) >= 11 is 0. The van der Waals surface area contributed by atoms with Gasteiger partial charge in [0.1, 0.15) is 0 Å². The Bertz CT molecular complexity index is 472. The van der Waals surface area contributed by atoms with E-state index in [9.17, 15) is 9.59 Å².